The molecule has 7 heteroatoms. The maximum absolute atomic E-state index is 6.34. The summed E-state index contributed by atoms with van der Waals surface area (Å²) in [5.74, 6) is 0.621. The fourth-order valence-corrected chi connectivity index (χ4v) is 3.35. The molecule has 2 aromatic heterocycles. The van der Waals surface area contributed by atoms with E-state index in [1.54, 1.807) is 17.3 Å². The number of aryl methyl sites for hydroxylation is 2. The minimum atomic E-state index is 0.621. The lowest BCUT2D eigenvalue weighted by Crippen LogP contribution is -2.36. The van der Waals surface area contributed by atoms with Gasteiger partial charge in [-0.25, -0.2) is 4.98 Å². The van der Waals surface area contributed by atoms with Gasteiger partial charge >= 0.3 is 0 Å². The van der Waals surface area contributed by atoms with Crippen LogP contribution in [-0.2, 0) is 20.1 Å². The molecular formula is C14H21ClN6. The predicted octanol–water partition coefficient (Wildman–Crippen LogP) is 1.89. The van der Waals surface area contributed by atoms with Crippen LogP contribution in [0.5, 0.6) is 0 Å². The Morgan fingerprint density at radius 1 is 1.43 bits per heavy atom. The van der Waals surface area contributed by atoms with E-state index in [-0.39, 0.29) is 0 Å². The average Bonchev–Trinajstić information content (AvgIpc) is 3.04. The summed E-state index contributed by atoms with van der Waals surface area (Å²) in [6, 6.07) is 0. The highest BCUT2D eigenvalue weighted by atomic mass is 35.5. The summed E-state index contributed by atoms with van der Waals surface area (Å²) in [4.78, 5) is 6.48. The number of rotatable bonds is 4. The lowest BCUT2D eigenvalue weighted by Gasteiger charge is -2.32. The Morgan fingerprint density at radius 2 is 2.29 bits per heavy atom. The van der Waals surface area contributed by atoms with Crippen molar-refractivity contribution in [3.63, 3.8) is 0 Å². The minimum absolute atomic E-state index is 0.621. The maximum Gasteiger partial charge on any atom is 0.137 e. The Hall–Kier alpha value is -1.40. The molecule has 21 heavy (non-hydrogen) atoms. The van der Waals surface area contributed by atoms with Gasteiger partial charge in [-0.1, -0.05) is 11.6 Å². The molecule has 3 heterocycles. The molecule has 0 N–H and O–H groups in total. The highest BCUT2D eigenvalue weighted by molar-refractivity contribution is 6.30. The second kappa shape index (κ2) is 6.15. The Bertz CT molecular complexity index is 591. The van der Waals surface area contributed by atoms with Crippen LogP contribution in [0.25, 0.3) is 0 Å². The summed E-state index contributed by atoms with van der Waals surface area (Å²) in [5, 5.41) is 9.35. The number of likely N-dealkylation sites (tertiary alicyclic amines) is 1. The fraction of sp³-hybridized carbons (Fsp3) is 0.643. The third-order valence-electron chi connectivity index (χ3n) is 4.17. The van der Waals surface area contributed by atoms with Gasteiger partial charge in [0.25, 0.3) is 0 Å². The van der Waals surface area contributed by atoms with Crippen LogP contribution in [0.4, 0.5) is 0 Å². The molecule has 0 spiro atoms. The summed E-state index contributed by atoms with van der Waals surface area (Å²) >= 11 is 6.34. The summed E-state index contributed by atoms with van der Waals surface area (Å²) in [6.07, 6.45) is 5.85. The van der Waals surface area contributed by atoms with Gasteiger partial charge in [0.2, 0.25) is 0 Å². The van der Waals surface area contributed by atoms with Crippen LogP contribution >= 0.6 is 11.6 Å². The van der Waals surface area contributed by atoms with E-state index in [1.165, 1.54) is 12.8 Å². The average molecular weight is 309 g/mol. The van der Waals surface area contributed by atoms with Crippen molar-refractivity contribution in [1.82, 2.24) is 29.4 Å². The van der Waals surface area contributed by atoms with Gasteiger partial charge in [0.05, 0.1) is 5.69 Å². The van der Waals surface area contributed by atoms with E-state index in [0.29, 0.717) is 5.92 Å². The zero-order chi connectivity index (χ0) is 14.8. The molecule has 1 aliphatic heterocycles. The van der Waals surface area contributed by atoms with E-state index in [9.17, 15) is 0 Å². The van der Waals surface area contributed by atoms with Crippen LogP contribution in [-0.4, -0.2) is 42.5 Å². The lowest BCUT2D eigenvalue weighted by atomic mass is 9.97. The first-order chi connectivity index (χ1) is 10.1. The van der Waals surface area contributed by atoms with Crippen molar-refractivity contribution in [1.29, 1.82) is 0 Å². The van der Waals surface area contributed by atoms with Gasteiger partial charge in [0.1, 0.15) is 17.8 Å². The molecule has 114 valence electrons. The zero-order valence-corrected chi connectivity index (χ0v) is 13.3. The number of hydrogen-bond acceptors (Lipinski definition) is 4. The van der Waals surface area contributed by atoms with E-state index >= 15 is 0 Å². The van der Waals surface area contributed by atoms with Gasteiger partial charge in [-0.2, -0.15) is 10.2 Å². The van der Waals surface area contributed by atoms with Crippen molar-refractivity contribution < 1.29 is 0 Å². The molecule has 0 aliphatic carbocycles. The van der Waals surface area contributed by atoms with E-state index in [2.05, 4.69) is 20.1 Å². The van der Waals surface area contributed by atoms with E-state index < -0.39 is 0 Å². The van der Waals surface area contributed by atoms with Crippen molar-refractivity contribution in [2.45, 2.75) is 32.9 Å². The molecule has 0 unspecified atom stereocenters. The number of aromatic nitrogens is 5. The Labute approximate surface area is 129 Å². The van der Waals surface area contributed by atoms with Crippen LogP contribution in [0.15, 0.2) is 12.7 Å². The Balaban J connectivity index is 1.63. The molecule has 0 saturated carbocycles. The number of nitrogens with zero attached hydrogens (tertiary/aromatic N) is 6. The summed E-state index contributed by atoms with van der Waals surface area (Å²) in [6.45, 7) is 6.05. The topological polar surface area (TPSA) is 51.8 Å². The third-order valence-corrected chi connectivity index (χ3v) is 4.64. The molecule has 1 aliphatic rings. The largest absolute Gasteiger partial charge is 0.299 e. The Morgan fingerprint density at radius 3 is 2.95 bits per heavy atom. The normalized spacial score (nSPS) is 20.0. The van der Waals surface area contributed by atoms with Crippen molar-refractivity contribution >= 4 is 11.6 Å². The van der Waals surface area contributed by atoms with Crippen molar-refractivity contribution in [2.24, 2.45) is 13.0 Å². The van der Waals surface area contributed by atoms with Gasteiger partial charge in [-0.3, -0.25) is 14.3 Å². The van der Waals surface area contributed by atoms with Crippen molar-refractivity contribution in [2.75, 3.05) is 13.1 Å². The van der Waals surface area contributed by atoms with Gasteiger partial charge in [0, 0.05) is 32.2 Å². The lowest BCUT2D eigenvalue weighted by molar-refractivity contribution is 0.153. The van der Waals surface area contributed by atoms with Crippen LogP contribution in [0, 0.1) is 12.8 Å². The third kappa shape index (κ3) is 3.27. The zero-order valence-electron chi connectivity index (χ0n) is 12.5. The van der Waals surface area contributed by atoms with E-state index in [0.717, 1.165) is 42.6 Å². The number of piperidine rings is 1. The van der Waals surface area contributed by atoms with Gasteiger partial charge in [-0.15, -0.1) is 0 Å². The smallest absolute Gasteiger partial charge is 0.137 e. The Kier molecular flexibility index (Phi) is 4.26. The molecule has 0 bridgehead atoms. The molecular weight excluding hydrogens is 288 g/mol. The standard InChI is InChI=1S/C14H21ClN6/c1-11-13(14(15)19(2)18-11)8-20-5-3-4-12(6-20)7-21-10-16-9-17-21/h9-10,12H,3-8H2,1-2H3/t12-/m1/s1. The van der Waals surface area contributed by atoms with Crippen LogP contribution in [0.1, 0.15) is 24.1 Å². The summed E-state index contributed by atoms with van der Waals surface area (Å²) < 4.78 is 3.68. The molecule has 0 amide bonds. The van der Waals surface area contributed by atoms with Crippen LogP contribution in [0.3, 0.4) is 0 Å². The molecule has 2 aromatic rings. The monoisotopic (exact) mass is 308 g/mol. The summed E-state index contributed by atoms with van der Waals surface area (Å²) in [5.41, 5.74) is 2.18. The highest BCUT2D eigenvalue weighted by Crippen LogP contribution is 2.24. The van der Waals surface area contributed by atoms with Gasteiger partial charge in [-0.05, 0) is 32.2 Å². The quantitative estimate of drug-likeness (QED) is 0.865. The maximum atomic E-state index is 6.34. The minimum Gasteiger partial charge on any atom is -0.299 e. The van der Waals surface area contributed by atoms with Gasteiger partial charge < -0.3 is 0 Å². The van der Waals surface area contributed by atoms with E-state index in [4.69, 9.17) is 11.6 Å². The summed E-state index contributed by atoms with van der Waals surface area (Å²) in [7, 11) is 1.89. The SMILES string of the molecule is Cc1nn(C)c(Cl)c1CN1CCC[C@@H](Cn2cncn2)C1. The molecule has 6 nitrogen and oxygen atoms in total. The van der Waals surface area contributed by atoms with Crippen LogP contribution < -0.4 is 0 Å². The molecule has 1 saturated heterocycles. The molecule has 3 rings (SSSR count). The number of halogens is 1. The first-order valence-electron chi connectivity index (χ1n) is 7.36. The fourth-order valence-electron chi connectivity index (χ4n) is 3.11. The van der Waals surface area contributed by atoms with Crippen molar-refractivity contribution in [3.8, 4) is 0 Å². The van der Waals surface area contributed by atoms with Crippen molar-refractivity contribution in [3.05, 3.63) is 29.1 Å². The second-order valence-corrected chi connectivity index (χ2v) is 6.20. The molecule has 1 atom stereocenters. The number of hydrogen-bond donors (Lipinski definition) is 0. The van der Waals surface area contributed by atoms with Crippen LogP contribution in [0.2, 0.25) is 5.15 Å². The molecule has 1 fully saturated rings. The van der Waals surface area contributed by atoms with Gasteiger partial charge in [0.15, 0.2) is 0 Å². The second-order valence-electron chi connectivity index (χ2n) is 5.84. The first-order valence-corrected chi connectivity index (χ1v) is 7.74. The molecule has 0 aromatic carbocycles. The highest BCUT2D eigenvalue weighted by Gasteiger charge is 2.23. The predicted molar refractivity (Wildman–Crippen MR) is 81.0 cm³/mol. The van der Waals surface area contributed by atoms with E-state index in [1.807, 2.05) is 18.7 Å². The molecule has 0 radical (unpaired) electrons. The first kappa shape index (κ1) is 14.5.